The van der Waals surface area contributed by atoms with Gasteiger partial charge in [0.1, 0.15) is 4.21 Å². The van der Waals surface area contributed by atoms with Crippen LogP contribution in [0.3, 0.4) is 0 Å². The molecule has 1 saturated carbocycles. The van der Waals surface area contributed by atoms with Gasteiger partial charge in [-0.25, -0.2) is 8.42 Å². The summed E-state index contributed by atoms with van der Waals surface area (Å²) in [5.41, 5.74) is 0.0310. The van der Waals surface area contributed by atoms with Crippen molar-refractivity contribution < 1.29 is 8.42 Å². The van der Waals surface area contributed by atoms with Crippen LogP contribution in [0.15, 0.2) is 21.7 Å². The third kappa shape index (κ3) is 2.88. The summed E-state index contributed by atoms with van der Waals surface area (Å²) in [6, 6.07) is 3.58. The molecule has 5 heteroatoms. The molecule has 3 nitrogen and oxygen atoms in total. The van der Waals surface area contributed by atoms with Gasteiger partial charge in [0.05, 0.1) is 5.25 Å². The fourth-order valence-electron chi connectivity index (χ4n) is 3.12. The molecule has 0 spiro atoms. The Morgan fingerprint density at radius 1 is 1.47 bits per heavy atom. The number of nitrogens with one attached hydrogen (secondary N) is 1. The summed E-state index contributed by atoms with van der Waals surface area (Å²) >= 11 is 1.33. The van der Waals surface area contributed by atoms with Gasteiger partial charge in [-0.15, -0.1) is 11.3 Å². The maximum absolute atomic E-state index is 12.8. The molecule has 1 aromatic heterocycles. The Bertz CT molecular complexity index is 506. The van der Waals surface area contributed by atoms with Crippen molar-refractivity contribution in [2.75, 3.05) is 6.54 Å². The van der Waals surface area contributed by atoms with E-state index in [1.165, 1.54) is 11.3 Å². The molecule has 0 aliphatic heterocycles. The number of sulfone groups is 1. The molecule has 2 unspecified atom stereocenters. The van der Waals surface area contributed by atoms with Crippen molar-refractivity contribution in [1.29, 1.82) is 0 Å². The second kappa shape index (κ2) is 5.54. The maximum Gasteiger partial charge on any atom is 0.192 e. The third-order valence-electron chi connectivity index (χ3n) is 4.12. The van der Waals surface area contributed by atoms with Crippen LogP contribution in [-0.2, 0) is 9.84 Å². The van der Waals surface area contributed by atoms with Crippen LogP contribution in [0.2, 0.25) is 0 Å². The molecule has 1 heterocycles. The smallest absolute Gasteiger partial charge is 0.192 e. The molecule has 1 aromatic rings. The summed E-state index contributed by atoms with van der Waals surface area (Å²) in [4.78, 5) is 0. The van der Waals surface area contributed by atoms with Gasteiger partial charge in [0, 0.05) is 6.04 Å². The van der Waals surface area contributed by atoms with Crippen molar-refractivity contribution in [3.63, 3.8) is 0 Å². The second-order valence-corrected chi connectivity index (χ2v) is 9.27. The molecule has 1 fully saturated rings. The summed E-state index contributed by atoms with van der Waals surface area (Å²) in [5.74, 6) is 0. The largest absolute Gasteiger partial charge is 0.312 e. The predicted octanol–water partition coefficient (Wildman–Crippen LogP) is 3.08. The fourth-order valence-corrected chi connectivity index (χ4v) is 6.51. The molecule has 0 amide bonds. The third-order valence-corrected chi connectivity index (χ3v) is 7.77. The highest BCUT2D eigenvalue weighted by Gasteiger charge is 2.45. The van der Waals surface area contributed by atoms with Crippen LogP contribution in [0.5, 0.6) is 0 Å². The van der Waals surface area contributed by atoms with E-state index in [4.69, 9.17) is 0 Å². The Kier molecular flexibility index (Phi) is 4.38. The Morgan fingerprint density at radius 2 is 2.21 bits per heavy atom. The van der Waals surface area contributed by atoms with Gasteiger partial charge in [-0.1, -0.05) is 33.3 Å². The van der Waals surface area contributed by atoms with Crippen LogP contribution in [0.1, 0.15) is 40.0 Å². The normalized spacial score (nSPS) is 27.3. The standard InChI is InChI=1S/C14H23NO2S2/c1-4-15-13-11(7-5-9-14(13,2)3)19(16,17)12-8-6-10-18-12/h6,8,10-11,13,15H,4-5,7,9H2,1-3H3. The highest BCUT2D eigenvalue weighted by atomic mass is 32.2. The first kappa shape index (κ1) is 15.0. The lowest BCUT2D eigenvalue weighted by atomic mass is 9.73. The topological polar surface area (TPSA) is 46.2 Å². The lowest BCUT2D eigenvalue weighted by Crippen LogP contribution is -2.55. The number of rotatable bonds is 4. The van der Waals surface area contributed by atoms with Crippen molar-refractivity contribution in [2.45, 2.75) is 55.5 Å². The zero-order chi connectivity index (χ0) is 14.1. The van der Waals surface area contributed by atoms with Crippen molar-refractivity contribution in [1.82, 2.24) is 5.32 Å². The minimum atomic E-state index is -3.21. The van der Waals surface area contributed by atoms with Gasteiger partial charge < -0.3 is 5.32 Å². The zero-order valence-electron chi connectivity index (χ0n) is 11.8. The van der Waals surface area contributed by atoms with Gasteiger partial charge in [-0.2, -0.15) is 0 Å². The van der Waals surface area contributed by atoms with Crippen LogP contribution in [-0.4, -0.2) is 26.3 Å². The summed E-state index contributed by atoms with van der Waals surface area (Å²) in [7, 11) is -3.21. The average molecular weight is 301 g/mol. The molecule has 1 aliphatic carbocycles. The second-order valence-electron chi connectivity index (χ2n) is 5.93. The molecule has 0 aromatic carbocycles. The average Bonchev–Trinajstić information content (AvgIpc) is 2.85. The molecule has 2 atom stereocenters. The van der Waals surface area contributed by atoms with Crippen LogP contribution in [0.25, 0.3) is 0 Å². The lowest BCUT2D eigenvalue weighted by Gasteiger charge is -2.43. The van der Waals surface area contributed by atoms with E-state index in [1.807, 2.05) is 18.4 Å². The summed E-state index contributed by atoms with van der Waals surface area (Å²) < 4.78 is 26.1. The van der Waals surface area contributed by atoms with E-state index in [0.29, 0.717) is 4.21 Å². The van der Waals surface area contributed by atoms with Gasteiger partial charge in [0.25, 0.3) is 0 Å². The van der Waals surface area contributed by atoms with Gasteiger partial charge in [-0.3, -0.25) is 0 Å². The first-order valence-corrected chi connectivity index (χ1v) is 9.33. The van der Waals surface area contributed by atoms with E-state index < -0.39 is 9.84 Å². The Labute approximate surface area is 120 Å². The first-order valence-electron chi connectivity index (χ1n) is 6.90. The molecule has 1 N–H and O–H groups in total. The van der Waals surface area contributed by atoms with Crippen molar-refractivity contribution in [3.05, 3.63) is 17.5 Å². The molecule has 19 heavy (non-hydrogen) atoms. The highest BCUT2D eigenvalue weighted by Crippen LogP contribution is 2.40. The zero-order valence-corrected chi connectivity index (χ0v) is 13.5. The SMILES string of the molecule is CCNC1C(S(=O)(=O)c2cccs2)CCCC1(C)C. The first-order chi connectivity index (χ1) is 8.89. The van der Waals surface area contributed by atoms with E-state index in [-0.39, 0.29) is 16.7 Å². The maximum atomic E-state index is 12.8. The van der Waals surface area contributed by atoms with Crippen LogP contribution in [0, 0.1) is 5.41 Å². The predicted molar refractivity (Wildman–Crippen MR) is 80.4 cm³/mol. The van der Waals surface area contributed by atoms with E-state index in [2.05, 4.69) is 19.2 Å². The van der Waals surface area contributed by atoms with Crippen molar-refractivity contribution >= 4 is 21.2 Å². The number of thiophene rings is 1. The van der Waals surface area contributed by atoms with E-state index in [1.54, 1.807) is 6.07 Å². The quantitative estimate of drug-likeness (QED) is 0.929. The van der Waals surface area contributed by atoms with Crippen LogP contribution >= 0.6 is 11.3 Å². The molecule has 108 valence electrons. The van der Waals surface area contributed by atoms with E-state index >= 15 is 0 Å². The molecular formula is C14H23NO2S2. The number of hydrogen-bond acceptors (Lipinski definition) is 4. The van der Waals surface area contributed by atoms with Crippen LogP contribution < -0.4 is 5.32 Å². The molecule has 0 bridgehead atoms. The van der Waals surface area contributed by atoms with E-state index in [9.17, 15) is 8.42 Å². The van der Waals surface area contributed by atoms with Crippen LogP contribution in [0.4, 0.5) is 0 Å². The molecule has 2 rings (SSSR count). The molecule has 1 aliphatic rings. The minimum Gasteiger partial charge on any atom is -0.312 e. The molecular weight excluding hydrogens is 278 g/mol. The van der Waals surface area contributed by atoms with E-state index in [0.717, 1.165) is 25.8 Å². The molecule has 0 radical (unpaired) electrons. The Morgan fingerprint density at radius 3 is 2.79 bits per heavy atom. The van der Waals surface area contributed by atoms with Crippen molar-refractivity contribution in [2.24, 2.45) is 5.41 Å². The Hall–Kier alpha value is -0.390. The van der Waals surface area contributed by atoms with Crippen molar-refractivity contribution in [3.8, 4) is 0 Å². The molecule has 0 saturated heterocycles. The van der Waals surface area contributed by atoms with Gasteiger partial charge in [0.15, 0.2) is 9.84 Å². The summed E-state index contributed by atoms with van der Waals surface area (Å²) in [6.07, 6.45) is 2.84. The monoisotopic (exact) mass is 301 g/mol. The lowest BCUT2D eigenvalue weighted by molar-refractivity contribution is 0.172. The van der Waals surface area contributed by atoms with Gasteiger partial charge in [-0.05, 0) is 36.2 Å². The minimum absolute atomic E-state index is 0.0310. The van der Waals surface area contributed by atoms with Gasteiger partial charge >= 0.3 is 0 Å². The summed E-state index contributed by atoms with van der Waals surface area (Å²) in [5, 5.41) is 4.96. The van der Waals surface area contributed by atoms with Gasteiger partial charge in [0.2, 0.25) is 0 Å². The Balaban J connectivity index is 2.36. The summed E-state index contributed by atoms with van der Waals surface area (Å²) in [6.45, 7) is 7.21. The number of hydrogen-bond donors (Lipinski definition) is 1. The highest BCUT2D eigenvalue weighted by molar-refractivity contribution is 7.94. The fraction of sp³-hybridized carbons (Fsp3) is 0.714.